The van der Waals surface area contributed by atoms with Gasteiger partial charge in [-0.15, -0.1) is 11.3 Å². The molecule has 0 N–H and O–H groups in total. The van der Waals surface area contributed by atoms with Crippen LogP contribution in [0.4, 0.5) is 0 Å². The van der Waals surface area contributed by atoms with Crippen molar-refractivity contribution in [2.24, 2.45) is 0 Å². The molecule has 0 spiro atoms. The summed E-state index contributed by atoms with van der Waals surface area (Å²) >= 11 is 1.67. The first-order valence-electron chi connectivity index (χ1n) is 14.0. The highest BCUT2D eigenvalue weighted by molar-refractivity contribution is 7.21. The van der Waals surface area contributed by atoms with Crippen LogP contribution >= 0.6 is 11.3 Å². The molecule has 0 aliphatic rings. The zero-order valence-electron chi connectivity index (χ0n) is 22.9. The maximum atomic E-state index is 5.17. The molecule has 6 heteroatoms. The maximum absolute atomic E-state index is 5.17. The third kappa shape index (κ3) is 4.74. The molecule has 0 radical (unpaired) electrons. The number of pyridine rings is 1. The van der Waals surface area contributed by atoms with Crippen LogP contribution in [-0.2, 0) is 0 Å². The van der Waals surface area contributed by atoms with Crippen molar-refractivity contribution in [1.29, 1.82) is 0 Å². The van der Waals surface area contributed by atoms with Crippen molar-refractivity contribution in [3.05, 3.63) is 140 Å². The lowest BCUT2D eigenvalue weighted by Gasteiger charge is -2.11. The molecule has 0 saturated heterocycles. The van der Waals surface area contributed by atoms with Crippen molar-refractivity contribution in [3.63, 3.8) is 0 Å². The summed E-state index contributed by atoms with van der Waals surface area (Å²) < 4.78 is 1.06. The first-order valence-corrected chi connectivity index (χ1v) is 14.8. The van der Waals surface area contributed by atoms with Crippen LogP contribution in [0.2, 0.25) is 0 Å². The Kier molecular flexibility index (Phi) is 6.24. The third-order valence-electron chi connectivity index (χ3n) is 7.40. The van der Waals surface area contributed by atoms with E-state index >= 15 is 0 Å². The monoisotopic (exact) mass is 569 g/mol. The van der Waals surface area contributed by atoms with Crippen LogP contribution in [0.3, 0.4) is 0 Å². The minimum atomic E-state index is 0.610. The van der Waals surface area contributed by atoms with Gasteiger partial charge in [-0.05, 0) is 18.2 Å². The first kappa shape index (κ1) is 25.1. The number of para-hydroxylation sites is 1. The number of nitrogens with zero attached hydrogens (tertiary/aromatic N) is 5. The lowest BCUT2D eigenvalue weighted by atomic mass is 9.98. The van der Waals surface area contributed by atoms with E-state index in [1.165, 1.54) is 0 Å². The van der Waals surface area contributed by atoms with Gasteiger partial charge in [-0.1, -0.05) is 115 Å². The normalized spacial score (nSPS) is 11.3. The highest BCUT2D eigenvalue weighted by Crippen LogP contribution is 2.40. The molecule has 0 unspecified atom stereocenters. The standard InChI is InChI=1S/C37H23N5S/c1-4-12-25(13-5-1)34-40-35(26-14-6-2-7-15-26)42-36(41-34)28-22-30(29-20-10-18-24-19-11-21-38-32(24)29)33-31(23-28)43-37(39-33)27-16-8-3-9-17-27/h1-23H. The smallest absolute Gasteiger partial charge is 0.164 e. The summed E-state index contributed by atoms with van der Waals surface area (Å²) in [4.78, 5) is 24.9. The predicted octanol–water partition coefficient (Wildman–Crippen LogP) is 9.36. The van der Waals surface area contributed by atoms with E-state index in [4.69, 9.17) is 24.9 Å². The van der Waals surface area contributed by atoms with E-state index in [1.54, 1.807) is 11.3 Å². The molecule has 0 saturated carbocycles. The highest BCUT2D eigenvalue weighted by Gasteiger charge is 2.19. The van der Waals surface area contributed by atoms with Gasteiger partial charge in [-0.2, -0.15) is 0 Å². The topological polar surface area (TPSA) is 64.5 Å². The van der Waals surface area contributed by atoms with Crippen LogP contribution in [0.5, 0.6) is 0 Å². The summed E-state index contributed by atoms with van der Waals surface area (Å²) in [6.45, 7) is 0. The Morgan fingerprint density at radius 2 is 1.00 bits per heavy atom. The van der Waals surface area contributed by atoms with E-state index < -0.39 is 0 Å². The quantitative estimate of drug-likeness (QED) is 0.207. The van der Waals surface area contributed by atoms with Gasteiger partial charge in [-0.25, -0.2) is 19.9 Å². The highest BCUT2D eigenvalue weighted by atomic mass is 32.1. The molecular formula is C37H23N5S. The molecule has 5 aromatic carbocycles. The molecule has 0 atom stereocenters. The molecule has 202 valence electrons. The van der Waals surface area contributed by atoms with Gasteiger partial charge in [0.1, 0.15) is 5.01 Å². The number of aromatic nitrogens is 5. The van der Waals surface area contributed by atoms with Crippen LogP contribution < -0.4 is 0 Å². The molecule has 5 nitrogen and oxygen atoms in total. The lowest BCUT2D eigenvalue weighted by molar-refractivity contribution is 1.07. The average Bonchev–Trinajstić information content (AvgIpc) is 3.53. The van der Waals surface area contributed by atoms with E-state index in [0.29, 0.717) is 17.5 Å². The predicted molar refractivity (Wildman–Crippen MR) is 175 cm³/mol. The van der Waals surface area contributed by atoms with Crippen LogP contribution in [0.15, 0.2) is 140 Å². The molecule has 3 aromatic heterocycles. The second-order valence-electron chi connectivity index (χ2n) is 10.2. The lowest BCUT2D eigenvalue weighted by Crippen LogP contribution is -2.00. The number of hydrogen-bond donors (Lipinski definition) is 0. The Morgan fingerprint density at radius 3 is 1.65 bits per heavy atom. The summed E-state index contributed by atoms with van der Waals surface area (Å²) in [6.07, 6.45) is 1.84. The fraction of sp³-hybridized carbons (Fsp3) is 0. The van der Waals surface area contributed by atoms with Gasteiger partial charge in [0.2, 0.25) is 0 Å². The summed E-state index contributed by atoms with van der Waals surface area (Å²) in [5.74, 6) is 1.87. The molecular weight excluding hydrogens is 547 g/mol. The zero-order chi connectivity index (χ0) is 28.6. The second kappa shape index (κ2) is 10.7. The van der Waals surface area contributed by atoms with Gasteiger partial charge in [0, 0.05) is 45.0 Å². The van der Waals surface area contributed by atoms with Crippen molar-refractivity contribution in [1.82, 2.24) is 24.9 Å². The van der Waals surface area contributed by atoms with Crippen molar-refractivity contribution in [2.75, 3.05) is 0 Å². The van der Waals surface area contributed by atoms with E-state index in [-0.39, 0.29) is 0 Å². The van der Waals surface area contributed by atoms with E-state index in [1.807, 2.05) is 91.1 Å². The zero-order valence-corrected chi connectivity index (χ0v) is 23.7. The van der Waals surface area contributed by atoms with Crippen molar-refractivity contribution in [2.45, 2.75) is 0 Å². The Balaban J connectivity index is 1.40. The Labute approximate surface area is 252 Å². The van der Waals surface area contributed by atoms with Gasteiger partial charge in [-0.3, -0.25) is 4.98 Å². The molecule has 0 fully saturated rings. The van der Waals surface area contributed by atoms with Gasteiger partial charge in [0.15, 0.2) is 17.5 Å². The molecule has 0 aliphatic carbocycles. The third-order valence-corrected chi connectivity index (χ3v) is 8.45. The van der Waals surface area contributed by atoms with Gasteiger partial charge < -0.3 is 0 Å². The van der Waals surface area contributed by atoms with Crippen molar-refractivity contribution in [3.8, 4) is 55.9 Å². The molecule has 43 heavy (non-hydrogen) atoms. The molecule has 0 bridgehead atoms. The average molecular weight is 570 g/mol. The summed E-state index contributed by atoms with van der Waals surface area (Å²) in [6, 6.07) is 45.1. The fourth-order valence-corrected chi connectivity index (χ4v) is 6.36. The van der Waals surface area contributed by atoms with E-state index in [2.05, 4.69) is 48.5 Å². The van der Waals surface area contributed by atoms with Crippen molar-refractivity contribution < 1.29 is 0 Å². The molecule has 0 aliphatic heterocycles. The maximum Gasteiger partial charge on any atom is 0.164 e. The minimum Gasteiger partial charge on any atom is -0.256 e. The second-order valence-corrected chi connectivity index (χ2v) is 11.2. The molecule has 8 aromatic rings. The van der Waals surface area contributed by atoms with E-state index in [0.717, 1.165) is 59.5 Å². The van der Waals surface area contributed by atoms with Crippen molar-refractivity contribution >= 4 is 32.5 Å². The first-order chi connectivity index (χ1) is 21.3. The SMILES string of the molecule is c1ccc(-c2nc(-c3ccccc3)nc(-c3cc(-c4cccc5cccnc45)c4nc(-c5ccccc5)sc4c3)n2)cc1. The summed E-state index contributed by atoms with van der Waals surface area (Å²) in [5.41, 5.74) is 7.75. The largest absolute Gasteiger partial charge is 0.256 e. The minimum absolute atomic E-state index is 0.610. The Hall–Kier alpha value is -5.59. The summed E-state index contributed by atoms with van der Waals surface area (Å²) in [7, 11) is 0. The number of rotatable bonds is 5. The molecule has 3 heterocycles. The summed E-state index contributed by atoms with van der Waals surface area (Å²) in [5, 5.41) is 2.04. The van der Waals surface area contributed by atoms with Crippen LogP contribution in [0.1, 0.15) is 0 Å². The van der Waals surface area contributed by atoms with Crippen LogP contribution in [-0.4, -0.2) is 24.9 Å². The van der Waals surface area contributed by atoms with Crippen LogP contribution in [0, 0.1) is 0 Å². The number of benzene rings is 5. The van der Waals surface area contributed by atoms with Gasteiger partial charge in [0.05, 0.1) is 15.7 Å². The molecule has 8 rings (SSSR count). The van der Waals surface area contributed by atoms with Crippen LogP contribution in [0.25, 0.3) is 77.0 Å². The number of fused-ring (bicyclic) bond motifs is 2. The fourth-order valence-electron chi connectivity index (χ4n) is 5.33. The van der Waals surface area contributed by atoms with E-state index in [9.17, 15) is 0 Å². The number of hydrogen-bond acceptors (Lipinski definition) is 6. The Morgan fingerprint density at radius 1 is 0.419 bits per heavy atom. The number of thiazole rings is 1. The Bertz CT molecular complexity index is 2170. The molecule has 0 amide bonds. The van der Waals surface area contributed by atoms with Gasteiger partial charge in [0.25, 0.3) is 0 Å². The van der Waals surface area contributed by atoms with Gasteiger partial charge >= 0.3 is 0 Å².